The molecule has 2 aliphatic rings. The van der Waals surface area contributed by atoms with Crippen molar-refractivity contribution in [2.45, 2.75) is 58.5 Å². The second-order valence-electron chi connectivity index (χ2n) is 9.73. The molecule has 1 amide bonds. The Bertz CT molecular complexity index is 1250. The fraction of sp³-hybridized carbons (Fsp3) is 0.464. The predicted molar refractivity (Wildman–Crippen MR) is 135 cm³/mol. The first-order valence-electron chi connectivity index (χ1n) is 12.7. The SMILES string of the molecule is Cc1ccccc1CN1CCCN(C(=O)c2ccc3c(=O)n4c(nc3c2)CCCCCC4)CC1. The smallest absolute Gasteiger partial charge is 0.261 e. The van der Waals surface area contributed by atoms with Gasteiger partial charge in [0, 0.05) is 51.3 Å². The number of benzene rings is 2. The Labute approximate surface area is 201 Å². The van der Waals surface area contributed by atoms with E-state index < -0.39 is 0 Å². The highest BCUT2D eigenvalue weighted by atomic mass is 16.2. The quantitative estimate of drug-likeness (QED) is 0.591. The molecule has 0 saturated carbocycles. The van der Waals surface area contributed by atoms with E-state index in [1.165, 1.54) is 17.5 Å². The minimum atomic E-state index is 0.0301. The maximum atomic E-state index is 13.4. The Morgan fingerprint density at radius 2 is 1.76 bits per heavy atom. The van der Waals surface area contributed by atoms with E-state index >= 15 is 0 Å². The molecule has 0 bridgehead atoms. The molecule has 0 radical (unpaired) electrons. The topological polar surface area (TPSA) is 58.4 Å². The summed E-state index contributed by atoms with van der Waals surface area (Å²) in [7, 11) is 0. The minimum absolute atomic E-state index is 0.0301. The van der Waals surface area contributed by atoms with E-state index in [4.69, 9.17) is 4.98 Å². The van der Waals surface area contributed by atoms with Crippen LogP contribution in [0.5, 0.6) is 0 Å². The van der Waals surface area contributed by atoms with Crippen LogP contribution in [0.1, 0.15) is 59.4 Å². The molecule has 3 aromatic rings. The fourth-order valence-corrected chi connectivity index (χ4v) is 5.27. The second kappa shape index (κ2) is 10.1. The number of carbonyl (C=O) groups is 1. The zero-order chi connectivity index (χ0) is 23.5. The van der Waals surface area contributed by atoms with Crippen molar-refractivity contribution in [2.24, 2.45) is 0 Å². The van der Waals surface area contributed by atoms with Crippen molar-refractivity contribution >= 4 is 16.8 Å². The molecule has 5 rings (SSSR count). The predicted octanol–water partition coefficient (Wildman–Crippen LogP) is 4.17. The van der Waals surface area contributed by atoms with Gasteiger partial charge in [-0.25, -0.2) is 4.98 Å². The van der Waals surface area contributed by atoms with Crippen molar-refractivity contribution in [1.82, 2.24) is 19.4 Å². The largest absolute Gasteiger partial charge is 0.337 e. The molecule has 0 atom stereocenters. The third-order valence-electron chi connectivity index (χ3n) is 7.34. The number of nitrogens with zero attached hydrogens (tertiary/aromatic N) is 4. The van der Waals surface area contributed by atoms with Gasteiger partial charge in [0.1, 0.15) is 5.82 Å². The lowest BCUT2D eigenvalue weighted by atomic mass is 10.1. The van der Waals surface area contributed by atoms with E-state index in [9.17, 15) is 9.59 Å². The van der Waals surface area contributed by atoms with Crippen LogP contribution in [-0.4, -0.2) is 51.4 Å². The summed E-state index contributed by atoms with van der Waals surface area (Å²) in [6.45, 7) is 7.13. The molecule has 1 fully saturated rings. The van der Waals surface area contributed by atoms with Crippen molar-refractivity contribution < 1.29 is 4.79 Å². The molecular formula is C28H34N4O2. The van der Waals surface area contributed by atoms with Crippen molar-refractivity contribution in [2.75, 3.05) is 26.2 Å². The minimum Gasteiger partial charge on any atom is -0.337 e. The Kier molecular flexibility index (Phi) is 6.77. The van der Waals surface area contributed by atoms with Gasteiger partial charge in [-0.2, -0.15) is 0 Å². The van der Waals surface area contributed by atoms with Crippen LogP contribution in [0.25, 0.3) is 10.9 Å². The summed E-state index contributed by atoms with van der Waals surface area (Å²) in [5.74, 6) is 0.900. The third kappa shape index (κ3) is 4.78. The van der Waals surface area contributed by atoms with Crippen LogP contribution < -0.4 is 5.56 Å². The van der Waals surface area contributed by atoms with Gasteiger partial charge in [0.25, 0.3) is 11.5 Å². The number of carbonyl (C=O) groups excluding carboxylic acids is 1. The van der Waals surface area contributed by atoms with Gasteiger partial charge in [0.15, 0.2) is 0 Å². The number of hydrogen-bond donors (Lipinski definition) is 0. The van der Waals surface area contributed by atoms with Crippen LogP contribution >= 0.6 is 0 Å². The van der Waals surface area contributed by atoms with Gasteiger partial charge in [0.2, 0.25) is 0 Å². The van der Waals surface area contributed by atoms with Crippen LogP contribution in [0.3, 0.4) is 0 Å². The maximum Gasteiger partial charge on any atom is 0.261 e. The Hall–Kier alpha value is -2.99. The average molecular weight is 459 g/mol. The molecule has 0 unspecified atom stereocenters. The lowest BCUT2D eigenvalue weighted by Gasteiger charge is -2.23. The van der Waals surface area contributed by atoms with E-state index in [-0.39, 0.29) is 11.5 Å². The van der Waals surface area contributed by atoms with Crippen LogP contribution in [0, 0.1) is 6.92 Å². The molecule has 34 heavy (non-hydrogen) atoms. The highest BCUT2D eigenvalue weighted by Gasteiger charge is 2.22. The van der Waals surface area contributed by atoms with Gasteiger partial charge in [-0.3, -0.25) is 19.1 Å². The van der Waals surface area contributed by atoms with Crippen LogP contribution in [0.15, 0.2) is 47.3 Å². The van der Waals surface area contributed by atoms with Gasteiger partial charge in [0.05, 0.1) is 10.9 Å². The lowest BCUT2D eigenvalue weighted by molar-refractivity contribution is 0.0761. The molecule has 3 heterocycles. The molecule has 2 aliphatic heterocycles. The summed E-state index contributed by atoms with van der Waals surface area (Å²) in [5, 5.41) is 0.612. The summed E-state index contributed by atoms with van der Waals surface area (Å²) < 4.78 is 1.85. The summed E-state index contributed by atoms with van der Waals surface area (Å²) in [5.41, 5.74) is 3.97. The Balaban J connectivity index is 1.33. The zero-order valence-corrected chi connectivity index (χ0v) is 20.1. The van der Waals surface area contributed by atoms with E-state index in [2.05, 4.69) is 36.1 Å². The summed E-state index contributed by atoms with van der Waals surface area (Å²) >= 11 is 0. The number of aromatic nitrogens is 2. The molecule has 0 N–H and O–H groups in total. The van der Waals surface area contributed by atoms with Crippen molar-refractivity contribution in [3.63, 3.8) is 0 Å². The highest BCUT2D eigenvalue weighted by Crippen LogP contribution is 2.19. The number of hydrogen-bond acceptors (Lipinski definition) is 4. The van der Waals surface area contributed by atoms with Crippen molar-refractivity contribution in [3.8, 4) is 0 Å². The number of fused-ring (bicyclic) bond motifs is 2. The van der Waals surface area contributed by atoms with Gasteiger partial charge >= 0.3 is 0 Å². The summed E-state index contributed by atoms with van der Waals surface area (Å²) in [6.07, 6.45) is 6.21. The number of amides is 1. The lowest BCUT2D eigenvalue weighted by Crippen LogP contribution is -2.35. The number of rotatable bonds is 3. The Morgan fingerprint density at radius 3 is 2.65 bits per heavy atom. The highest BCUT2D eigenvalue weighted by molar-refractivity contribution is 5.97. The van der Waals surface area contributed by atoms with Crippen LogP contribution in [0.2, 0.25) is 0 Å². The van der Waals surface area contributed by atoms with E-state index in [1.54, 1.807) is 12.1 Å². The average Bonchev–Trinajstić information content (AvgIpc) is 3.07. The molecular weight excluding hydrogens is 424 g/mol. The van der Waals surface area contributed by atoms with Gasteiger partial charge in [-0.1, -0.05) is 37.1 Å². The summed E-state index contributed by atoms with van der Waals surface area (Å²) in [4.78, 5) is 35.7. The van der Waals surface area contributed by atoms with Crippen LogP contribution in [0.4, 0.5) is 0 Å². The fourth-order valence-electron chi connectivity index (χ4n) is 5.27. The van der Waals surface area contributed by atoms with E-state index in [0.717, 1.165) is 70.7 Å². The first-order chi connectivity index (χ1) is 16.6. The van der Waals surface area contributed by atoms with Gasteiger partial charge in [-0.05, 0) is 55.5 Å². The third-order valence-corrected chi connectivity index (χ3v) is 7.34. The molecule has 0 aliphatic carbocycles. The van der Waals surface area contributed by atoms with Gasteiger partial charge in [-0.15, -0.1) is 0 Å². The standard InChI is InChI=1S/C28H34N4O2/c1-21-9-5-6-10-23(21)20-30-14-8-15-31(18-17-30)27(33)22-12-13-24-25(19-22)29-26-11-4-2-3-7-16-32(26)28(24)34/h5-6,9-10,12-13,19H,2-4,7-8,11,14-18,20H2,1H3. The molecule has 6 heteroatoms. The molecule has 1 aromatic heterocycles. The van der Waals surface area contributed by atoms with Crippen molar-refractivity contribution in [1.29, 1.82) is 0 Å². The maximum absolute atomic E-state index is 13.4. The first kappa shape index (κ1) is 22.8. The Morgan fingerprint density at radius 1 is 0.912 bits per heavy atom. The summed E-state index contributed by atoms with van der Waals surface area (Å²) in [6, 6.07) is 13.9. The monoisotopic (exact) mass is 458 g/mol. The molecule has 2 aromatic carbocycles. The molecule has 6 nitrogen and oxygen atoms in total. The molecule has 0 spiro atoms. The van der Waals surface area contributed by atoms with Crippen molar-refractivity contribution in [3.05, 3.63) is 75.3 Å². The van der Waals surface area contributed by atoms with E-state index in [0.29, 0.717) is 23.0 Å². The molecule has 178 valence electrons. The molecule has 1 saturated heterocycles. The second-order valence-corrected chi connectivity index (χ2v) is 9.73. The van der Waals surface area contributed by atoms with Crippen LogP contribution in [-0.2, 0) is 19.5 Å². The zero-order valence-electron chi connectivity index (χ0n) is 20.1. The number of aryl methyl sites for hydroxylation is 2. The first-order valence-corrected chi connectivity index (χ1v) is 12.7. The normalized spacial score (nSPS) is 17.6. The van der Waals surface area contributed by atoms with E-state index in [1.807, 2.05) is 15.5 Å². The van der Waals surface area contributed by atoms with Gasteiger partial charge < -0.3 is 4.90 Å².